The zero-order valence-electron chi connectivity index (χ0n) is 6.20. The summed E-state index contributed by atoms with van der Waals surface area (Å²) in [6.45, 7) is 0. The maximum atomic E-state index is 10.7. The maximum Gasteiger partial charge on any atom is 0.332 e. The van der Waals surface area contributed by atoms with E-state index < -0.39 is 6.03 Å². The third-order valence-electron chi connectivity index (χ3n) is 0.987. The van der Waals surface area contributed by atoms with E-state index in [0.717, 1.165) is 11.3 Å². The van der Waals surface area contributed by atoms with Crippen molar-refractivity contribution in [1.82, 2.24) is 10.4 Å². The smallest absolute Gasteiger partial charge is 0.332 e. The molecule has 0 atom stereocenters. The Kier molecular flexibility index (Phi) is 3.04. The van der Waals surface area contributed by atoms with Gasteiger partial charge in [0.05, 0.1) is 11.1 Å². The van der Waals surface area contributed by atoms with Crippen molar-refractivity contribution in [3.8, 4) is 0 Å². The number of primary amides is 1. The molecule has 13 heavy (non-hydrogen) atoms. The van der Waals surface area contributed by atoms with Crippen LogP contribution in [-0.4, -0.2) is 17.2 Å². The van der Waals surface area contributed by atoms with Gasteiger partial charge in [-0.25, -0.2) is 10.2 Å². The van der Waals surface area contributed by atoms with E-state index in [0.29, 0.717) is 4.88 Å². The topological polar surface area (TPSA) is 100 Å². The molecule has 0 bridgehead atoms. The molecule has 0 unspecified atom stereocenters. The predicted octanol–water partition coefficient (Wildman–Crippen LogP) is 0.0920. The van der Waals surface area contributed by atoms with Gasteiger partial charge in [-0.15, -0.1) is 0 Å². The molecule has 0 radical (unpaired) electrons. The Hall–Kier alpha value is -1.34. The van der Waals surface area contributed by atoms with E-state index in [-0.39, 0.29) is 10.0 Å². The van der Waals surface area contributed by atoms with Crippen LogP contribution in [0.3, 0.4) is 0 Å². The minimum atomic E-state index is -0.782. The van der Waals surface area contributed by atoms with Crippen LogP contribution < -0.4 is 16.0 Å². The minimum absolute atomic E-state index is 0.185. The van der Waals surface area contributed by atoms with Crippen LogP contribution in [0.4, 0.5) is 4.79 Å². The second-order valence-corrected chi connectivity index (χ2v) is 3.32. The summed E-state index contributed by atoms with van der Waals surface area (Å²) < 4.78 is 0. The van der Waals surface area contributed by atoms with Crippen LogP contribution in [0.5, 0.6) is 0 Å². The lowest BCUT2D eigenvalue weighted by atomic mass is 10.6. The van der Waals surface area contributed by atoms with Gasteiger partial charge in [-0.05, 0) is 0 Å². The van der Waals surface area contributed by atoms with Gasteiger partial charge in [0.25, 0.3) is 0 Å². The number of carbonyl (C=O) groups excluding carboxylic acids is 1. The average Bonchev–Trinajstić information content (AvgIpc) is 2.29. The number of hydrogen-bond acceptors (Lipinski definition) is 4. The summed E-state index contributed by atoms with van der Waals surface area (Å²) in [5.74, 6) is 0. The van der Waals surface area contributed by atoms with Crippen molar-refractivity contribution in [2.45, 2.75) is 0 Å². The summed E-state index contributed by atoms with van der Waals surface area (Å²) in [6.07, 6.45) is 1.23. The minimum Gasteiger partial charge on any atom is -0.350 e. The molecule has 70 valence electrons. The van der Waals surface area contributed by atoms with Crippen LogP contribution >= 0.6 is 22.9 Å². The average molecular weight is 221 g/mol. The third kappa shape index (κ3) is 2.88. The molecule has 0 saturated heterocycles. The van der Waals surface area contributed by atoms with Gasteiger partial charge in [0, 0.05) is 0 Å². The van der Waals surface area contributed by atoms with Crippen molar-refractivity contribution >= 4 is 35.2 Å². The first-order chi connectivity index (χ1) is 6.09. The summed E-state index contributed by atoms with van der Waals surface area (Å²) in [7, 11) is 0. The molecule has 8 heteroatoms. The van der Waals surface area contributed by atoms with Gasteiger partial charge in [0.1, 0.15) is 5.15 Å². The third-order valence-corrected chi connectivity index (χ3v) is 2.21. The Morgan fingerprint density at radius 1 is 1.77 bits per heavy atom. The van der Waals surface area contributed by atoms with Gasteiger partial charge in [-0.1, -0.05) is 22.9 Å². The number of nitrogens with two attached hydrogens (primary N) is 1. The van der Waals surface area contributed by atoms with Crippen molar-refractivity contribution < 1.29 is 4.79 Å². The summed E-state index contributed by atoms with van der Waals surface area (Å²) in [4.78, 5) is 23.4. The first kappa shape index (κ1) is 9.75. The number of H-pyrrole nitrogens is 1. The highest BCUT2D eigenvalue weighted by molar-refractivity contribution is 7.11. The van der Waals surface area contributed by atoms with Crippen molar-refractivity contribution in [1.29, 1.82) is 0 Å². The lowest BCUT2D eigenvalue weighted by Gasteiger charge is -1.88. The van der Waals surface area contributed by atoms with E-state index in [1.165, 1.54) is 6.21 Å². The maximum absolute atomic E-state index is 10.7. The fraction of sp³-hybridized carbons (Fsp3) is 0. The molecule has 0 spiro atoms. The summed E-state index contributed by atoms with van der Waals surface area (Å²) in [5.41, 5.74) is 6.71. The lowest BCUT2D eigenvalue weighted by molar-refractivity contribution is 0.249. The number of nitrogens with one attached hydrogen (secondary N) is 2. The van der Waals surface area contributed by atoms with Crippen molar-refractivity contribution in [2.75, 3.05) is 0 Å². The fourth-order valence-electron chi connectivity index (χ4n) is 0.559. The SMILES string of the molecule is NC(=O)N/N=C\c1sc(=O)[nH]c1Cl. The van der Waals surface area contributed by atoms with E-state index >= 15 is 0 Å². The normalized spacial score (nSPS) is 10.5. The molecule has 1 aromatic rings. The number of aromatic amines is 1. The van der Waals surface area contributed by atoms with Crippen LogP contribution in [0.15, 0.2) is 9.90 Å². The van der Waals surface area contributed by atoms with Gasteiger partial charge in [-0.2, -0.15) is 5.10 Å². The van der Waals surface area contributed by atoms with Gasteiger partial charge < -0.3 is 10.7 Å². The second kappa shape index (κ2) is 4.06. The highest BCUT2D eigenvalue weighted by atomic mass is 35.5. The number of carbonyl (C=O) groups is 1. The van der Waals surface area contributed by atoms with E-state index in [2.05, 4.69) is 10.1 Å². The van der Waals surface area contributed by atoms with Gasteiger partial charge in [-0.3, -0.25) is 4.79 Å². The first-order valence-corrected chi connectivity index (χ1v) is 4.26. The number of urea groups is 1. The molecule has 0 aliphatic carbocycles. The van der Waals surface area contributed by atoms with Crippen LogP contribution in [0.2, 0.25) is 5.15 Å². The highest BCUT2D eigenvalue weighted by Gasteiger charge is 2.01. The molecule has 2 amide bonds. The Labute approximate surface area is 81.4 Å². The Morgan fingerprint density at radius 2 is 2.46 bits per heavy atom. The highest BCUT2D eigenvalue weighted by Crippen LogP contribution is 2.11. The molecule has 1 rings (SSSR count). The largest absolute Gasteiger partial charge is 0.350 e. The molecule has 0 saturated carbocycles. The van der Waals surface area contributed by atoms with Crippen LogP contribution in [0.1, 0.15) is 4.88 Å². The fourth-order valence-corrected chi connectivity index (χ4v) is 1.46. The van der Waals surface area contributed by atoms with Crippen molar-refractivity contribution in [2.24, 2.45) is 10.8 Å². The molecule has 1 aromatic heterocycles. The van der Waals surface area contributed by atoms with E-state index in [1.54, 1.807) is 0 Å². The number of amides is 2. The monoisotopic (exact) mass is 220 g/mol. The van der Waals surface area contributed by atoms with E-state index in [1.807, 2.05) is 5.43 Å². The molecule has 6 nitrogen and oxygen atoms in total. The standard InChI is InChI=1S/C5H5ClN4O2S/c6-3-2(13-5(12)9-3)1-8-10-4(7)11/h1H,(H,9,12)(H3,7,10,11)/b8-1-. The van der Waals surface area contributed by atoms with Crippen LogP contribution in [-0.2, 0) is 0 Å². The zero-order valence-corrected chi connectivity index (χ0v) is 7.78. The zero-order chi connectivity index (χ0) is 9.84. The molecule has 0 aromatic carbocycles. The summed E-state index contributed by atoms with van der Waals surface area (Å²) in [6, 6.07) is -0.782. The van der Waals surface area contributed by atoms with Crippen molar-refractivity contribution in [3.63, 3.8) is 0 Å². The van der Waals surface area contributed by atoms with Gasteiger partial charge in [0.2, 0.25) is 0 Å². The number of nitrogens with zero attached hydrogens (tertiary/aromatic N) is 1. The number of aromatic nitrogens is 1. The Morgan fingerprint density at radius 3 is 2.92 bits per heavy atom. The summed E-state index contributed by atoms with van der Waals surface area (Å²) >= 11 is 6.46. The molecule has 1 heterocycles. The van der Waals surface area contributed by atoms with Crippen LogP contribution in [0, 0.1) is 0 Å². The number of thiazole rings is 1. The molecule has 0 fully saturated rings. The molecular formula is C5H5ClN4O2S. The Balaban J connectivity index is 2.74. The number of hydrogen-bond donors (Lipinski definition) is 3. The summed E-state index contributed by atoms with van der Waals surface area (Å²) in [5, 5.41) is 3.62. The van der Waals surface area contributed by atoms with Gasteiger partial charge in [0.15, 0.2) is 0 Å². The van der Waals surface area contributed by atoms with E-state index in [4.69, 9.17) is 17.3 Å². The van der Waals surface area contributed by atoms with Crippen LogP contribution in [0.25, 0.3) is 0 Å². The predicted molar refractivity (Wildman–Crippen MR) is 50.3 cm³/mol. The molecular weight excluding hydrogens is 216 g/mol. The Bertz CT molecular complexity index is 395. The number of hydrazone groups is 1. The quantitative estimate of drug-likeness (QED) is 0.486. The second-order valence-electron chi connectivity index (χ2n) is 1.93. The molecule has 0 aliphatic rings. The molecule has 0 aliphatic heterocycles. The van der Waals surface area contributed by atoms with Crippen molar-refractivity contribution in [3.05, 3.63) is 19.7 Å². The number of rotatable bonds is 2. The first-order valence-electron chi connectivity index (χ1n) is 3.06. The van der Waals surface area contributed by atoms with Gasteiger partial charge >= 0.3 is 10.9 Å². The molecule has 4 N–H and O–H groups in total. The van der Waals surface area contributed by atoms with E-state index in [9.17, 15) is 9.59 Å². The lowest BCUT2D eigenvalue weighted by Crippen LogP contribution is -2.24. The number of halogens is 1.